The highest BCUT2D eigenvalue weighted by Crippen LogP contribution is 2.17. The Balaban J connectivity index is 2.43. The lowest BCUT2D eigenvalue weighted by Crippen LogP contribution is -2.42. The summed E-state index contributed by atoms with van der Waals surface area (Å²) < 4.78 is 0. The van der Waals surface area contributed by atoms with Gasteiger partial charge in [0.2, 0.25) is 0 Å². The van der Waals surface area contributed by atoms with E-state index in [1.165, 1.54) is 0 Å². The van der Waals surface area contributed by atoms with Crippen LogP contribution in [0.15, 0.2) is 5.16 Å². The van der Waals surface area contributed by atoms with E-state index in [1.54, 1.807) is 0 Å². The summed E-state index contributed by atoms with van der Waals surface area (Å²) in [6, 6.07) is 0. The molecule has 1 heterocycles. The molecule has 1 rings (SSSR count). The van der Waals surface area contributed by atoms with Crippen LogP contribution in [0.4, 0.5) is 0 Å². The largest absolute Gasteiger partial charge is 0.409 e. The molecule has 1 atom stereocenters. The van der Waals surface area contributed by atoms with Gasteiger partial charge in [-0.15, -0.1) is 0 Å². The first-order valence-corrected chi connectivity index (χ1v) is 5.33. The quantitative estimate of drug-likeness (QED) is 0.310. The molecule has 0 aromatic carbocycles. The maximum atomic E-state index is 8.60. The molecular weight excluding hydrogens is 178 g/mol. The minimum absolute atomic E-state index is 0.243. The molecule has 0 aromatic heterocycles. The third-order valence-corrected chi connectivity index (χ3v) is 2.66. The Morgan fingerprint density at radius 2 is 2.36 bits per heavy atom. The summed E-state index contributed by atoms with van der Waals surface area (Å²) in [6.07, 6.45) is 2.19. The number of rotatable bonds is 3. The highest BCUT2D eigenvalue weighted by Gasteiger charge is 2.23. The van der Waals surface area contributed by atoms with Gasteiger partial charge >= 0.3 is 0 Å². The zero-order valence-electron chi connectivity index (χ0n) is 9.11. The smallest absolute Gasteiger partial charge is 0.143 e. The molecule has 4 heteroatoms. The Morgan fingerprint density at radius 1 is 1.64 bits per heavy atom. The van der Waals surface area contributed by atoms with Gasteiger partial charge in [0, 0.05) is 19.0 Å². The fourth-order valence-corrected chi connectivity index (χ4v) is 2.06. The van der Waals surface area contributed by atoms with Crippen LogP contribution in [0.2, 0.25) is 0 Å². The predicted octanol–water partition coefficient (Wildman–Crippen LogP) is 1.10. The third kappa shape index (κ3) is 3.18. The van der Waals surface area contributed by atoms with Crippen molar-refractivity contribution >= 4 is 5.84 Å². The van der Waals surface area contributed by atoms with Crippen LogP contribution < -0.4 is 5.73 Å². The molecule has 4 nitrogen and oxygen atoms in total. The van der Waals surface area contributed by atoms with Crippen molar-refractivity contribution < 1.29 is 5.21 Å². The van der Waals surface area contributed by atoms with Gasteiger partial charge in [0.1, 0.15) is 5.84 Å². The van der Waals surface area contributed by atoms with Crippen LogP contribution in [0.1, 0.15) is 26.7 Å². The molecule has 0 saturated carbocycles. The Hall–Kier alpha value is -0.770. The second kappa shape index (κ2) is 5.20. The maximum absolute atomic E-state index is 8.60. The lowest BCUT2D eigenvalue weighted by atomic mass is 9.96. The van der Waals surface area contributed by atoms with Gasteiger partial charge in [0.15, 0.2) is 0 Å². The number of nitrogens with zero attached hydrogens (tertiary/aromatic N) is 2. The Bertz CT molecular complexity index is 204. The van der Waals surface area contributed by atoms with E-state index in [9.17, 15) is 0 Å². The number of oxime groups is 1. The van der Waals surface area contributed by atoms with Gasteiger partial charge < -0.3 is 15.8 Å². The lowest BCUT2D eigenvalue weighted by molar-refractivity contribution is 0.181. The average molecular weight is 199 g/mol. The molecular formula is C10H21N3O. The van der Waals surface area contributed by atoms with Crippen molar-refractivity contribution in [1.82, 2.24) is 4.90 Å². The molecule has 14 heavy (non-hydrogen) atoms. The number of hydrogen-bond donors (Lipinski definition) is 2. The van der Waals surface area contributed by atoms with E-state index in [0.29, 0.717) is 11.8 Å². The summed E-state index contributed by atoms with van der Waals surface area (Å²) in [7, 11) is 0. The highest BCUT2D eigenvalue weighted by molar-refractivity contribution is 5.82. The van der Waals surface area contributed by atoms with E-state index in [1.807, 2.05) is 0 Å². The zero-order chi connectivity index (χ0) is 10.6. The molecule has 1 saturated heterocycles. The number of nitrogens with two attached hydrogens (primary N) is 1. The second-order valence-corrected chi connectivity index (χ2v) is 4.52. The van der Waals surface area contributed by atoms with E-state index in [0.717, 1.165) is 32.5 Å². The molecule has 0 aromatic rings. The molecule has 0 amide bonds. The van der Waals surface area contributed by atoms with Gasteiger partial charge in [-0.2, -0.15) is 0 Å². The topological polar surface area (TPSA) is 61.8 Å². The molecule has 1 fully saturated rings. The molecule has 1 aliphatic rings. The van der Waals surface area contributed by atoms with Crippen LogP contribution in [0.5, 0.6) is 0 Å². The molecule has 0 aliphatic carbocycles. The van der Waals surface area contributed by atoms with E-state index < -0.39 is 0 Å². The normalized spacial score (nSPS) is 25.6. The van der Waals surface area contributed by atoms with Gasteiger partial charge in [0.05, 0.1) is 0 Å². The lowest BCUT2D eigenvalue weighted by Gasteiger charge is -2.32. The molecule has 0 radical (unpaired) electrons. The van der Waals surface area contributed by atoms with Crippen LogP contribution in [0.25, 0.3) is 0 Å². The second-order valence-electron chi connectivity index (χ2n) is 4.52. The SMILES string of the molecule is CC(C)CN1CCCC(C(N)=NO)C1. The van der Waals surface area contributed by atoms with Crippen molar-refractivity contribution in [3.8, 4) is 0 Å². The van der Waals surface area contributed by atoms with Crippen LogP contribution in [0.3, 0.4) is 0 Å². The predicted molar refractivity (Wildman–Crippen MR) is 57.4 cm³/mol. The molecule has 1 unspecified atom stereocenters. The summed E-state index contributed by atoms with van der Waals surface area (Å²) in [6.45, 7) is 7.62. The zero-order valence-corrected chi connectivity index (χ0v) is 9.11. The number of amidine groups is 1. The maximum Gasteiger partial charge on any atom is 0.143 e. The van der Waals surface area contributed by atoms with E-state index in [2.05, 4.69) is 23.9 Å². The van der Waals surface area contributed by atoms with E-state index in [-0.39, 0.29) is 5.92 Å². The highest BCUT2D eigenvalue weighted by atomic mass is 16.4. The van der Waals surface area contributed by atoms with E-state index in [4.69, 9.17) is 10.9 Å². The van der Waals surface area contributed by atoms with Crippen molar-refractivity contribution in [3.63, 3.8) is 0 Å². The van der Waals surface area contributed by atoms with Crippen LogP contribution in [0, 0.1) is 11.8 Å². The van der Waals surface area contributed by atoms with E-state index >= 15 is 0 Å². The first-order chi connectivity index (χ1) is 6.63. The van der Waals surface area contributed by atoms with Crippen LogP contribution >= 0.6 is 0 Å². The Labute approximate surface area is 85.8 Å². The Morgan fingerprint density at radius 3 is 2.93 bits per heavy atom. The van der Waals surface area contributed by atoms with Gasteiger partial charge in [-0.05, 0) is 25.3 Å². The molecule has 82 valence electrons. The summed E-state index contributed by atoms with van der Waals surface area (Å²) in [5.74, 6) is 1.31. The minimum Gasteiger partial charge on any atom is -0.409 e. The fraction of sp³-hybridized carbons (Fsp3) is 0.900. The van der Waals surface area contributed by atoms with Gasteiger partial charge in [-0.25, -0.2) is 0 Å². The average Bonchev–Trinajstić information content (AvgIpc) is 2.16. The molecule has 0 spiro atoms. The third-order valence-electron chi connectivity index (χ3n) is 2.66. The van der Waals surface area contributed by atoms with Gasteiger partial charge in [-0.3, -0.25) is 0 Å². The number of piperidine rings is 1. The van der Waals surface area contributed by atoms with Crippen molar-refractivity contribution in [2.24, 2.45) is 22.7 Å². The summed E-state index contributed by atoms with van der Waals surface area (Å²) >= 11 is 0. The monoisotopic (exact) mass is 199 g/mol. The van der Waals surface area contributed by atoms with Gasteiger partial charge in [-0.1, -0.05) is 19.0 Å². The van der Waals surface area contributed by atoms with Gasteiger partial charge in [0.25, 0.3) is 0 Å². The van der Waals surface area contributed by atoms with Crippen LogP contribution in [-0.2, 0) is 0 Å². The van der Waals surface area contributed by atoms with Crippen LogP contribution in [-0.4, -0.2) is 35.6 Å². The molecule has 3 N–H and O–H groups in total. The van der Waals surface area contributed by atoms with Crippen molar-refractivity contribution in [1.29, 1.82) is 0 Å². The number of likely N-dealkylation sites (tertiary alicyclic amines) is 1. The van der Waals surface area contributed by atoms with Crippen molar-refractivity contribution in [3.05, 3.63) is 0 Å². The van der Waals surface area contributed by atoms with Crippen molar-refractivity contribution in [2.75, 3.05) is 19.6 Å². The first-order valence-electron chi connectivity index (χ1n) is 5.33. The summed E-state index contributed by atoms with van der Waals surface area (Å²) in [5.41, 5.74) is 5.61. The molecule has 0 bridgehead atoms. The summed E-state index contributed by atoms with van der Waals surface area (Å²) in [5, 5.41) is 11.7. The standard InChI is InChI=1S/C10H21N3O/c1-8(2)6-13-5-3-4-9(7-13)10(11)12-14/h8-9,14H,3-7H2,1-2H3,(H2,11,12). The fourth-order valence-electron chi connectivity index (χ4n) is 2.06. The Kier molecular flexibility index (Phi) is 4.20. The van der Waals surface area contributed by atoms with Crippen molar-refractivity contribution in [2.45, 2.75) is 26.7 Å². The molecule has 1 aliphatic heterocycles. The number of hydrogen-bond acceptors (Lipinski definition) is 3. The first kappa shape index (κ1) is 11.3. The minimum atomic E-state index is 0.243. The summed E-state index contributed by atoms with van der Waals surface area (Å²) in [4.78, 5) is 2.40.